The van der Waals surface area contributed by atoms with Gasteiger partial charge in [0.25, 0.3) is 5.56 Å². The molecular formula is C18H21N7O2. The van der Waals surface area contributed by atoms with E-state index in [1.165, 1.54) is 4.68 Å². The normalized spacial score (nSPS) is 15.2. The van der Waals surface area contributed by atoms with Crippen LogP contribution in [0.5, 0.6) is 0 Å². The first-order chi connectivity index (χ1) is 13.2. The van der Waals surface area contributed by atoms with Gasteiger partial charge in [0.05, 0.1) is 12.2 Å². The predicted molar refractivity (Wildman–Crippen MR) is 99.4 cm³/mol. The Bertz CT molecular complexity index is 946. The van der Waals surface area contributed by atoms with E-state index >= 15 is 0 Å². The smallest absolute Gasteiger partial charge is 0.322 e. The number of hydrogen-bond acceptors (Lipinski definition) is 8. The van der Waals surface area contributed by atoms with Crippen LogP contribution in [0.15, 0.2) is 46.0 Å². The molecule has 9 nitrogen and oxygen atoms in total. The summed E-state index contributed by atoms with van der Waals surface area (Å²) < 4.78 is 6.76. The Labute approximate surface area is 156 Å². The lowest BCUT2D eigenvalue weighted by Crippen LogP contribution is -2.47. The van der Waals surface area contributed by atoms with Crippen molar-refractivity contribution in [1.82, 2.24) is 29.8 Å². The molecule has 0 radical (unpaired) electrons. The average molecular weight is 367 g/mol. The van der Waals surface area contributed by atoms with E-state index in [4.69, 9.17) is 4.52 Å². The van der Waals surface area contributed by atoms with Gasteiger partial charge in [0, 0.05) is 56.7 Å². The number of piperazine rings is 1. The number of hydrogen-bond donors (Lipinski definition) is 0. The van der Waals surface area contributed by atoms with Crippen LogP contribution in [-0.2, 0) is 6.54 Å². The topological polar surface area (TPSA) is 93.2 Å². The first-order valence-electron chi connectivity index (χ1n) is 8.95. The maximum absolute atomic E-state index is 12.1. The molecule has 1 aliphatic rings. The molecular weight excluding hydrogens is 346 g/mol. The Morgan fingerprint density at radius 1 is 1.04 bits per heavy atom. The zero-order chi connectivity index (χ0) is 18.6. The van der Waals surface area contributed by atoms with Crippen LogP contribution in [0.3, 0.4) is 0 Å². The molecule has 3 aromatic heterocycles. The zero-order valence-corrected chi connectivity index (χ0v) is 15.2. The Balaban J connectivity index is 1.36. The van der Waals surface area contributed by atoms with E-state index in [9.17, 15) is 4.79 Å². The zero-order valence-electron chi connectivity index (χ0n) is 15.2. The molecule has 0 saturated carbocycles. The minimum atomic E-state index is -0.0900. The maximum atomic E-state index is 12.1. The number of pyridine rings is 1. The van der Waals surface area contributed by atoms with Crippen LogP contribution >= 0.6 is 0 Å². The predicted octanol–water partition coefficient (Wildman–Crippen LogP) is 0.819. The summed E-state index contributed by atoms with van der Waals surface area (Å²) in [6, 6.07) is 7.67. The van der Waals surface area contributed by atoms with Gasteiger partial charge in [-0.3, -0.25) is 14.7 Å². The Hall–Kier alpha value is -3.07. The second kappa shape index (κ2) is 7.67. The van der Waals surface area contributed by atoms with Crippen molar-refractivity contribution in [2.75, 3.05) is 37.6 Å². The fourth-order valence-corrected chi connectivity index (χ4v) is 3.10. The van der Waals surface area contributed by atoms with E-state index in [2.05, 4.69) is 30.0 Å². The van der Waals surface area contributed by atoms with Crippen molar-refractivity contribution in [2.24, 2.45) is 0 Å². The highest BCUT2D eigenvalue weighted by atomic mass is 16.5. The molecule has 0 atom stereocenters. The van der Waals surface area contributed by atoms with Crippen LogP contribution in [0.1, 0.15) is 5.82 Å². The van der Waals surface area contributed by atoms with Crippen LogP contribution in [0.4, 0.5) is 6.01 Å². The SMILES string of the molecule is Cc1noc(N2CCN(CCn3nc(-c4ccncc4)ccc3=O)CC2)n1. The summed E-state index contributed by atoms with van der Waals surface area (Å²) in [5, 5.41) is 8.34. The van der Waals surface area contributed by atoms with Crippen molar-refractivity contribution in [1.29, 1.82) is 0 Å². The minimum Gasteiger partial charge on any atom is -0.322 e. The Morgan fingerprint density at radius 3 is 2.52 bits per heavy atom. The standard InChI is InChI=1S/C18H21N7O2/c1-14-20-18(27-22-14)24-11-8-23(9-12-24)10-13-25-17(26)3-2-16(21-25)15-4-6-19-7-5-15/h2-7H,8-13H2,1H3. The van der Waals surface area contributed by atoms with Crippen LogP contribution in [-0.4, -0.2) is 62.5 Å². The van der Waals surface area contributed by atoms with E-state index < -0.39 is 0 Å². The summed E-state index contributed by atoms with van der Waals surface area (Å²) in [5.41, 5.74) is 1.63. The molecule has 0 amide bonds. The third kappa shape index (κ3) is 4.03. The van der Waals surface area contributed by atoms with Gasteiger partial charge in [-0.05, 0) is 25.1 Å². The fourth-order valence-electron chi connectivity index (χ4n) is 3.10. The van der Waals surface area contributed by atoms with Crippen LogP contribution in [0.2, 0.25) is 0 Å². The Morgan fingerprint density at radius 2 is 1.81 bits per heavy atom. The molecule has 0 spiro atoms. The van der Waals surface area contributed by atoms with Crippen LogP contribution in [0, 0.1) is 6.92 Å². The highest BCUT2D eigenvalue weighted by Gasteiger charge is 2.20. The molecule has 0 N–H and O–H groups in total. The molecule has 9 heteroatoms. The van der Waals surface area contributed by atoms with Gasteiger partial charge in [0.2, 0.25) is 0 Å². The van der Waals surface area contributed by atoms with Gasteiger partial charge in [-0.2, -0.15) is 10.1 Å². The van der Waals surface area contributed by atoms with Gasteiger partial charge in [-0.25, -0.2) is 4.68 Å². The van der Waals surface area contributed by atoms with E-state index in [0.717, 1.165) is 44.0 Å². The summed E-state index contributed by atoms with van der Waals surface area (Å²) in [6.07, 6.45) is 3.44. The molecule has 140 valence electrons. The van der Waals surface area contributed by atoms with Gasteiger partial charge in [0.15, 0.2) is 5.82 Å². The van der Waals surface area contributed by atoms with E-state index in [0.29, 0.717) is 18.4 Å². The van der Waals surface area contributed by atoms with Crippen molar-refractivity contribution < 1.29 is 4.52 Å². The number of nitrogens with zero attached hydrogens (tertiary/aromatic N) is 7. The van der Waals surface area contributed by atoms with E-state index in [-0.39, 0.29) is 5.56 Å². The summed E-state index contributed by atoms with van der Waals surface area (Å²) in [7, 11) is 0. The first-order valence-corrected chi connectivity index (χ1v) is 8.95. The monoisotopic (exact) mass is 367 g/mol. The minimum absolute atomic E-state index is 0.0900. The summed E-state index contributed by atoms with van der Waals surface area (Å²) in [4.78, 5) is 24.8. The van der Waals surface area contributed by atoms with Crippen LogP contribution in [0.25, 0.3) is 11.3 Å². The van der Waals surface area contributed by atoms with Crippen molar-refractivity contribution >= 4 is 6.01 Å². The molecule has 0 bridgehead atoms. The van der Waals surface area contributed by atoms with Gasteiger partial charge in [0.1, 0.15) is 0 Å². The van der Waals surface area contributed by atoms with Crippen molar-refractivity contribution in [3.63, 3.8) is 0 Å². The Kier molecular flexibility index (Phi) is 4.93. The van der Waals surface area contributed by atoms with Crippen LogP contribution < -0.4 is 10.5 Å². The van der Waals surface area contributed by atoms with Gasteiger partial charge in [-0.15, -0.1) is 0 Å². The van der Waals surface area contributed by atoms with E-state index in [1.807, 2.05) is 19.1 Å². The molecule has 4 rings (SSSR count). The van der Waals surface area contributed by atoms with Crippen molar-refractivity contribution in [3.05, 3.63) is 52.8 Å². The highest BCUT2D eigenvalue weighted by molar-refractivity contribution is 5.56. The van der Waals surface area contributed by atoms with Crippen molar-refractivity contribution in [2.45, 2.75) is 13.5 Å². The summed E-state index contributed by atoms with van der Waals surface area (Å²) >= 11 is 0. The second-order valence-corrected chi connectivity index (χ2v) is 6.47. The first kappa shape index (κ1) is 17.3. The lowest BCUT2D eigenvalue weighted by Gasteiger charge is -2.33. The van der Waals surface area contributed by atoms with Gasteiger partial charge in [-0.1, -0.05) is 5.16 Å². The quantitative estimate of drug-likeness (QED) is 0.654. The largest absolute Gasteiger partial charge is 0.324 e. The summed E-state index contributed by atoms with van der Waals surface area (Å²) in [5.74, 6) is 0.645. The summed E-state index contributed by atoms with van der Waals surface area (Å²) in [6.45, 7) is 6.53. The van der Waals surface area contributed by atoms with E-state index in [1.54, 1.807) is 24.5 Å². The van der Waals surface area contributed by atoms with Crippen molar-refractivity contribution in [3.8, 4) is 11.3 Å². The molecule has 1 fully saturated rings. The van der Waals surface area contributed by atoms with Gasteiger partial charge >= 0.3 is 6.01 Å². The number of anilines is 1. The lowest BCUT2D eigenvalue weighted by atomic mass is 10.2. The highest BCUT2D eigenvalue weighted by Crippen LogP contribution is 2.14. The molecule has 4 heterocycles. The molecule has 0 unspecified atom stereocenters. The van der Waals surface area contributed by atoms with Gasteiger partial charge < -0.3 is 9.42 Å². The average Bonchev–Trinajstić information content (AvgIpc) is 3.15. The number of aryl methyl sites for hydroxylation is 1. The molecule has 0 aliphatic carbocycles. The molecule has 27 heavy (non-hydrogen) atoms. The third-order valence-electron chi connectivity index (χ3n) is 4.63. The molecule has 1 aliphatic heterocycles. The molecule has 3 aromatic rings. The second-order valence-electron chi connectivity index (χ2n) is 6.47. The number of rotatable bonds is 5. The molecule has 1 saturated heterocycles. The molecule has 0 aromatic carbocycles. The maximum Gasteiger partial charge on any atom is 0.324 e. The fraction of sp³-hybridized carbons (Fsp3) is 0.389. The number of aromatic nitrogens is 5. The third-order valence-corrected chi connectivity index (χ3v) is 4.63. The lowest BCUT2D eigenvalue weighted by molar-refractivity contribution is 0.236.